The number of aliphatic carboxylic acids is 1. The summed E-state index contributed by atoms with van der Waals surface area (Å²) >= 11 is 0. The van der Waals surface area contributed by atoms with Crippen LogP contribution in [0.25, 0.3) is 0 Å². The van der Waals surface area contributed by atoms with Gasteiger partial charge in [0.1, 0.15) is 6.61 Å². The molecule has 0 spiro atoms. The molecule has 1 aliphatic rings. The lowest BCUT2D eigenvalue weighted by Crippen LogP contribution is -2.48. The summed E-state index contributed by atoms with van der Waals surface area (Å²) in [4.78, 5) is 29.7. The van der Waals surface area contributed by atoms with Crippen LogP contribution in [0.2, 0.25) is 0 Å². The zero-order valence-corrected chi connectivity index (χ0v) is 12.6. The van der Waals surface area contributed by atoms with Crippen molar-refractivity contribution >= 4 is 11.9 Å². The minimum absolute atomic E-state index is 0.179. The quantitative estimate of drug-likeness (QED) is 0.841. The molecule has 1 N–H and O–H groups in total. The first-order valence-electron chi connectivity index (χ1n) is 7.19. The number of pyridine rings is 1. The van der Waals surface area contributed by atoms with Crippen molar-refractivity contribution in [1.82, 2.24) is 9.88 Å². The largest absolute Gasteiger partial charge is 0.487 e. The van der Waals surface area contributed by atoms with Crippen LogP contribution in [-0.2, 0) is 4.79 Å². The molecule has 1 aromatic rings. The third-order valence-electron chi connectivity index (χ3n) is 3.83. The summed E-state index contributed by atoms with van der Waals surface area (Å²) < 4.78 is 5.45. The summed E-state index contributed by atoms with van der Waals surface area (Å²) in [5.41, 5.74) is -0.704. The Hall–Kier alpha value is -2.37. The van der Waals surface area contributed by atoms with Gasteiger partial charge in [-0.05, 0) is 31.9 Å². The molecule has 1 aromatic heterocycles. The average Bonchev–Trinajstić information content (AvgIpc) is 2.52. The van der Waals surface area contributed by atoms with Gasteiger partial charge in [0.15, 0.2) is 11.4 Å². The summed E-state index contributed by atoms with van der Waals surface area (Å²) in [7, 11) is 0. The van der Waals surface area contributed by atoms with Crippen LogP contribution in [0.5, 0.6) is 5.75 Å². The second-order valence-electron chi connectivity index (χ2n) is 5.65. The lowest BCUT2D eigenvalue weighted by atomic mass is 9.82. The second kappa shape index (κ2) is 6.60. The SMILES string of the molecule is C=CCOc1cccnc1C(=O)N1CCCC(C)(C(=O)O)C1. The van der Waals surface area contributed by atoms with Crippen molar-refractivity contribution in [3.05, 3.63) is 36.7 Å². The summed E-state index contributed by atoms with van der Waals surface area (Å²) in [6.07, 6.45) is 4.33. The van der Waals surface area contributed by atoms with Gasteiger partial charge in [0.2, 0.25) is 0 Å². The number of nitrogens with zero attached hydrogens (tertiary/aromatic N) is 2. The number of hydrogen-bond donors (Lipinski definition) is 1. The number of carbonyl (C=O) groups excluding carboxylic acids is 1. The Morgan fingerprint density at radius 2 is 2.36 bits per heavy atom. The zero-order valence-electron chi connectivity index (χ0n) is 12.6. The Morgan fingerprint density at radius 1 is 1.59 bits per heavy atom. The highest BCUT2D eigenvalue weighted by molar-refractivity contribution is 5.95. The van der Waals surface area contributed by atoms with Gasteiger partial charge in [-0.3, -0.25) is 9.59 Å². The van der Waals surface area contributed by atoms with Crippen molar-refractivity contribution < 1.29 is 19.4 Å². The molecule has 1 amide bonds. The number of carboxylic acids is 1. The summed E-state index contributed by atoms with van der Waals surface area (Å²) in [6, 6.07) is 3.36. The molecule has 1 atom stereocenters. The van der Waals surface area contributed by atoms with E-state index < -0.39 is 11.4 Å². The van der Waals surface area contributed by atoms with E-state index in [4.69, 9.17) is 4.74 Å². The van der Waals surface area contributed by atoms with Crippen molar-refractivity contribution in [2.75, 3.05) is 19.7 Å². The number of piperidine rings is 1. The molecular formula is C16H20N2O4. The molecule has 0 radical (unpaired) electrons. The predicted molar refractivity (Wildman–Crippen MR) is 80.8 cm³/mol. The number of amides is 1. The van der Waals surface area contributed by atoms with Crippen molar-refractivity contribution in [1.29, 1.82) is 0 Å². The molecule has 0 aromatic carbocycles. The van der Waals surface area contributed by atoms with Gasteiger partial charge < -0.3 is 14.7 Å². The molecule has 6 heteroatoms. The first-order valence-corrected chi connectivity index (χ1v) is 7.19. The first-order chi connectivity index (χ1) is 10.5. The minimum atomic E-state index is -0.912. The highest BCUT2D eigenvalue weighted by atomic mass is 16.5. The molecule has 1 unspecified atom stereocenters. The molecule has 22 heavy (non-hydrogen) atoms. The van der Waals surface area contributed by atoms with Crippen LogP contribution in [0.3, 0.4) is 0 Å². The van der Waals surface area contributed by atoms with Crippen LogP contribution >= 0.6 is 0 Å². The van der Waals surface area contributed by atoms with Crippen LogP contribution in [0, 0.1) is 5.41 Å². The number of aromatic nitrogens is 1. The van der Waals surface area contributed by atoms with Gasteiger partial charge in [-0.25, -0.2) is 4.98 Å². The van der Waals surface area contributed by atoms with Gasteiger partial charge in [-0.2, -0.15) is 0 Å². The predicted octanol–water partition coefficient (Wildman–Crippen LogP) is 1.97. The zero-order chi connectivity index (χ0) is 16.2. The molecular weight excluding hydrogens is 284 g/mol. The molecule has 0 aliphatic carbocycles. The number of rotatable bonds is 5. The van der Waals surface area contributed by atoms with Crippen LogP contribution in [0.15, 0.2) is 31.0 Å². The van der Waals surface area contributed by atoms with Crippen molar-refractivity contribution in [2.24, 2.45) is 5.41 Å². The van der Waals surface area contributed by atoms with Crippen LogP contribution < -0.4 is 4.74 Å². The van der Waals surface area contributed by atoms with E-state index in [2.05, 4.69) is 11.6 Å². The Labute approximate surface area is 129 Å². The van der Waals surface area contributed by atoms with E-state index in [1.807, 2.05) is 0 Å². The van der Waals surface area contributed by atoms with E-state index in [0.29, 0.717) is 25.1 Å². The van der Waals surface area contributed by atoms with E-state index in [1.54, 1.807) is 30.0 Å². The standard InChI is InChI=1S/C16H20N2O4/c1-3-10-22-12-6-4-8-17-13(12)14(19)18-9-5-7-16(2,11-18)15(20)21/h3-4,6,8H,1,5,7,9-11H2,2H3,(H,20,21). The fraction of sp³-hybridized carbons (Fsp3) is 0.438. The number of carboxylic acid groups (broad SMARTS) is 1. The summed E-state index contributed by atoms with van der Waals surface area (Å²) in [5, 5.41) is 9.35. The lowest BCUT2D eigenvalue weighted by Gasteiger charge is -2.37. The molecule has 2 heterocycles. The fourth-order valence-electron chi connectivity index (χ4n) is 2.55. The maximum Gasteiger partial charge on any atom is 0.311 e. The third kappa shape index (κ3) is 3.27. The summed E-state index contributed by atoms with van der Waals surface area (Å²) in [6.45, 7) is 6.22. The van der Waals surface area contributed by atoms with Gasteiger partial charge in [-0.1, -0.05) is 12.7 Å². The highest BCUT2D eigenvalue weighted by Gasteiger charge is 2.40. The van der Waals surface area contributed by atoms with Crippen LogP contribution in [-0.4, -0.2) is 46.6 Å². The Balaban J connectivity index is 2.21. The van der Waals surface area contributed by atoms with Crippen molar-refractivity contribution in [3.8, 4) is 5.75 Å². The van der Waals surface area contributed by atoms with E-state index in [9.17, 15) is 14.7 Å². The molecule has 6 nitrogen and oxygen atoms in total. The Morgan fingerprint density at radius 3 is 3.05 bits per heavy atom. The molecule has 1 fully saturated rings. The monoisotopic (exact) mass is 304 g/mol. The van der Waals surface area contributed by atoms with Crippen molar-refractivity contribution in [3.63, 3.8) is 0 Å². The minimum Gasteiger partial charge on any atom is -0.487 e. The number of ether oxygens (including phenoxy) is 1. The van der Waals surface area contributed by atoms with Crippen molar-refractivity contribution in [2.45, 2.75) is 19.8 Å². The lowest BCUT2D eigenvalue weighted by molar-refractivity contribution is -0.150. The molecule has 118 valence electrons. The van der Waals surface area contributed by atoms with Gasteiger partial charge >= 0.3 is 5.97 Å². The molecule has 2 rings (SSSR count). The maximum absolute atomic E-state index is 12.7. The van der Waals surface area contributed by atoms with E-state index in [-0.39, 0.29) is 24.8 Å². The third-order valence-corrected chi connectivity index (χ3v) is 3.83. The first kappa shape index (κ1) is 16.0. The Bertz CT molecular complexity index is 587. The van der Waals surface area contributed by atoms with Gasteiger partial charge in [0, 0.05) is 19.3 Å². The maximum atomic E-state index is 12.7. The van der Waals surface area contributed by atoms with Gasteiger partial charge in [0.05, 0.1) is 5.41 Å². The van der Waals surface area contributed by atoms with E-state index >= 15 is 0 Å². The topological polar surface area (TPSA) is 79.7 Å². The number of likely N-dealkylation sites (tertiary alicyclic amines) is 1. The number of carbonyl (C=O) groups is 2. The number of hydrogen-bond acceptors (Lipinski definition) is 4. The molecule has 1 aliphatic heterocycles. The normalized spacial score (nSPS) is 21.2. The smallest absolute Gasteiger partial charge is 0.311 e. The van der Waals surface area contributed by atoms with E-state index in [0.717, 1.165) is 0 Å². The molecule has 0 bridgehead atoms. The molecule has 1 saturated heterocycles. The highest BCUT2D eigenvalue weighted by Crippen LogP contribution is 2.31. The van der Waals surface area contributed by atoms with Gasteiger partial charge in [0.25, 0.3) is 5.91 Å². The van der Waals surface area contributed by atoms with Crippen LogP contribution in [0.4, 0.5) is 0 Å². The fourth-order valence-corrected chi connectivity index (χ4v) is 2.55. The van der Waals surface area contributed by atoms with E-state index in [1.165, 1.54) is 6.20 Å². The van der Waals surface area contributed by atoms with Gasteiger partial charge in [-0.15, -0.1) is 0 Å². The van der Waals surface area contributed by atoms with Crippen LogP contribution in [0.1, 0.15) is 30.3 Å². The second-order valence-corrected chi connectivity index (χ2v) is 5.65. The molecule has 0 saturated carbocycles. The summed E-state index contributed by atoms with van der Waals surface area (Å²) in [5.74, 6) is -0.795. The Kier molecular flexibility index (Phi) is 4.80. The average molecular weight is 304 g/mol.